The maximum atomic E-state index is 12.6. The van der Waals surface area contributed by atoms with Crippen molar-refractivity contribution < 1.29 is 39.0 Å². The summed E-state index contributed by atoms with van der Waals surface area (Å²) < 4.78 is 0. The second kappa shape index (κ2) is 15.8. The topological polar surface area (TPSA) is 257 Å². The van der Waals surface area contributed by atoms with E-state index in [1.807, 2.05) is 0 Å². The van der Waals surface area contributed by atoms with Gasteiger partial charge in [0.25, 0.3) is 0 Å². The monoisotopic (exact) mass is 492 g/mol. The Morgan fingerprint density at radius 3 is 1.85 bits per heavy atom. The molecule has 0 saturated carbocycles. The zero-order valence-corrected chi connectivity index (χ0v) is 18.9. The summed E-state index contributed by atoms with van der Waals surface area (Å²) in [5.74, 6) is -6.23. The van der Waals surface area contributed by atoms with Crippen LogP contribution in [0.5, 0.6) is 0 Å². The normalized spacial score (nSPS) is 14.3. The van der Waals surface area contributed by atoms with E-state index in [4.69, 9.17) is 22.3 Å². The minimum atomic E-state index is -1.40. The van der Waals surface area contributed by atoms with Crippen LogP contribution in [0.25, 0.3) is 0 Å². The van der Waals surface area contributed by atoms with Gasteiger partial charge in [-0.25, -0.2) is 4.79 Å². The number of amides is 4. The van der Waals surface area contributed by atoms with Crippen molar-refractivity contribution in [1.29, 1.82) is 0 Å². The van der Waals surface area contributed by atoms with Crippen molar-refractivity contribution >= 4 is 48.2 Å². The summed E-state index contributed by atoms with van der Waals surface area (Å²) in [6.45, 7) is 0.345. The summed E-state index contributed by atoms with van der Waals surface area (Å²) in [4.78, 5) is 70.5. The number of hydrogen-bond donors (Lipinski definition) is 9. The smallest absolute Gasteiger partial charge is 0.326 e. The Morgan fingerprint density at radius 1 is 0.818 bits per heavy atom. The second-order valence-corrected chi connectivity index (χ2v) is 7.56. The van der Waals surface area contributed by atoms with Gasteiger partial charge < -0.3 is 43.4 Å². The number of unbranched alkanes of at least 4 members (excludes halogenated alkanes) is 1. The van der Waals surface area contributed by atoms with Crippen molar-refractivity contribution in [1.82, 2.24) is 16.0 Å². The van der Waals surface area contributed by atoms with Crippen LogP contribution in [-0.4, -0.2) is 82.2 Å². The van der Waals surface area contributed by atoms with Gasteiger partial charge in [0.1, 0.15) is 18.1 Å². The molecular weight excluding hydrogens is 460 g/mol. The third-order valence-electron chi connectivity index (χ3n) is 4.41. The summed E-state index contributed by atoms with van der Waals surface area (Å²) >= 11 is 3.97. The minimum Gasteiger partial charge on any atom is -0.481 e. The van der Waals surface area contributed by atoms with E-state index >= 15 is 0 Å². The summed E-state index contributed by atoms with van der Waals surface area (Å²) in [6, 6.07) is -5.25. The predicted molar refractivity (Wildman–Crippen MR) is 119 cm³/mol. The summed E-state index contributed by atoms with van der Waals surface area (Å²) in [5.41, 5.74) is 15.9. The lowest BCUT2D eigenvalue weighted by Crippen LogP contribution is -2.57. The van der Waals surface area contributed by atoms with E-state index < -0.39 is 72.6 Å². The van der Waals surface area contributed by atoms with Gasteiger partial charge in [0.15, 0.2) is 0 Å². The number of nitrogens with one attached hydrogen (secondary N) is 3. The fourth-order valence-corrected chi connectivity index (χ4v) is 2.87. The molecule has 0 spiro atoms. The number of carbonyl (C=O) groups is 6. The average molecular weight is 493 g/mol. The van der Waals surface area contributed by atoms with Gasteiger partial charge in [0.05, 0.1) is 12.5 Å². The van der Waals surface area contributed by atoms with Crippen molar-refractivity contribution in [2.75, 3.05) is 12.3 Å². The van der Waals surface area contributed by atoms with Gasteiger partial charge in [-0.05, 0) is 32.2 Å². The summed E-state index contributed by atoms with van der Waals surface area (Å²) in [7, 11) is 0. The first-order valence-corrected chi connectivity index (χ1v) is 10.8. The molecule has 11 N–H and O–H groups in total. The zero-order valence-electron chi connectivity index (χ0n) is 18.0. The number of thiol groups is 1. The predicted octanol–water partition coefficient (Wildman–Crippen LogP) is -3.35. The van der Waals surface area contributed by atoms with Gasteiger partial charge in [-0.1, -0.05) is 0 Å². The molecule has 4 amide bonds. The standard InChI is InChI=1S/C18H32N6O8S/c19-6-2-1-3-11(18(31)32)23-16(29)10(4-5-14(26)27)22-17(30)12(8-33)24-15(28)9(20)7-13(21)25/h9-12,33H,1-8,19-20H2,(H2,21,25)(H,22,30)(H,23,29)(H,24,28)(H,26,27)(H,31,32). The van der Waals surface area contributed by atoms with Crippen LogP contribution in [0.1, 0.15) is 38.5 Å². The van der Waals surface area contributed by atoms with Crippen LogP contribution in [0.15, 0.2) is 0 Å². The molecule has 14 nitrogen and oxygen atoms in total. The maximum absolute atomic E-state index is 12.6. The molecule has 0 aliphatic rings. The Hall–Kier alpha value is -2.91. The molecule has 15 heteroatoms. The Balaban J connectivity index is 5.30. The van der Waals surface area contributed by atoms with Crippen LogP contribution >= 0.6 is 12.6 Å². The first kappa shape index (κ1) is 30.1. The van der Waals surface area contributed by atoms with Crippen LogP contribution in [0.3, 0.4) is 0 Å². The highest BCUT2D eigenvalue weighted by Gasteiger charge is 2.30. The van der Waals surface area contributed by atoms with E-state index in [-0.39, 0.29) is 18.6 Å². The zero-order chi connectivity index (χ0) is 25.6. The largest absolute Gasteiger partial charge is 0.481 e. The molecule has 0 radical (unpaired) electrons. The number of hydrogen-bond acceptors (Lipinski definition) is 9. The third kappa shape index (κ3) is 12.6. The minimum absolute atomic E-state index is 0.0882. The quantitative estimate of drug-likeness (QED) is 0.0719. The maximum Gasteiger partial charge on any atom is 0.326 e. The van der Waals surface area contributed by atoms with E-state index in [9.17, 15) is 33.9 Å². The molecule has 0 aliphatic carbocycles. The number of rotatable bonds is 17. The van der Waals surface area contributed by atoms with Crippen molar-refractivity contribution in [3.05, 3.63) is 0 Å². The van der Waals surface area contributed by atoms with Crippen LogP contribution in [0, 0.1) is 0 Å². The Bertz CT molecular complexity index is 722. The van der Waals surface area contributed by atoms with Gasteiger partial charge in [-0.3, -0.25) is 24.0 Å². The van der Waals surface area contributed by atoms with Crippen LogP contribution < -0.4 is 33.2 Å². The van der Waals surface area contributed by atoms with E-state index in [0.717, 1.165) is 0 Å². The van der Waals surface area contributed by atoms with Crippen molar-refractivity contribution in [3.63, 3.8) is 0 Å². The van der Waals surface area contributed by atoms with E-state index in [1.54, 1.807) is 0 Å². The average Bonchev–Trinajstić information content (AvgIpc) is 2.72. The van der Waals surface area contributed by atoms with E-state index in [2.05, 4.69) is 28.6 Å². The molecule has 0 aromatic carbocycles. The highest BCUT2D eigenvalue weighted by Crippen LogP contribution is 2.05. The summed E-state index contributed by atoms with van der Waals surface area (Å²) in [5, 5.41) is 25.1. The van der Waals surface area contributed by atoms with Crippen LogP contribution in [0.4, 0.5) is 0 Å². The van der Waals surface area contributed by atoms with Gasteiger partial charge >= 0.3 is 11.9 Å². The van der Waals surface area contributed by atoms with E-state index in [1.165, 1.54) is 0 Å². The molecule has 0 bridgehead atoms. The van der Waals surface area contributed by atoms with Crippen molar-refractivity contribution in [3.8, 4) is 0 Å². The molecule has 0 saturated heterocycles. The molecular formula is C18H32N6O8S. The Morgan fingerprint density at radius 2 is 1.36 bits per heavy atom. The Labute approximate surface area is 195 Å². The molecule has 0 fully saturated rings. The number of nitrogens with two attached hydrogens (primary N) is 3. The highest BCUT2D eigenvalue weighted by molar-refractivity contribution is 7.80. The molecule has 0 aliphatic heterocycles. The lowest BCUT2D eigenvalue weighted by molar-refractivity contribution is -0.143. The molecule has 33 heavy (non-hydrogen) atoms. The lowest BCUT2D eigenvalue weighted by Gasteiger charge is -2.24. The molecule has 188 valence electrons. The van der Waals surface area contributed by atoms with Crippen LogP contribution in [0.2, 0.25) is 0 Å². The van der Waals surface area contributed by atoms with Gasteiger partial charge in [0.2, 0.25) is 23.6 Å². The molecule has 4 unspecified atom stereocenters. The van der Waals surface area contributed by atoms with Crippen molar-refractivity contribution in [2.24, 2.45) is 17.2 Å². The number of aliphatic carboxylic acids is 2. The first-order valence-electron chi connectivity index (χ1n) is 10.1. The number of carbonyl (C=O) groups excluding carboxylic acids is 4. The van der Waals surface area contributed by atoms with Crippen molar-refractivity contribution in [2.45, 2.75) is 62.7 Å². The fraction of sp³-hybridized carbons (Fsp3) is 0.667. The number of carboxylic acids is 2. The van der Waals surface area contributed by atoms with Gasteiger partial charge in [0, 0.05) is 12.2 Å². The highest BCUT2D eigenvalue weighted by atomic mass is 32.1. The lowest BCUT2D eigenvalue weighted by atomic mass is 10.1. The third-order valence-corrected chi connectivity index (χ3v) is 4.78. The number of carboxylic acid groups (broad SMARTS) is 2. The molecule has 0 aromatic heterocycles. The Kier molecular flexibility index (Phi) is 14.4. The molecule has 4 atom stereocenters. The van der Waals surface area contributed by atoms with Gasteiger partial charge in [-0.2, -0.15) is 12.6 Å². The van der Waals surface area contributed by atoms with Crippen LogP contribution in [-0.2, 0) is 28.8 Å². The summed E-state index contributed by atoms with van der Waals surface area (Å²) in [6.07, 6.45) is -0.234. The van der Waals surface area contributed by atoms with Gasteiger partial charge in [-0.15, -0.1) is 0 Å². The SMILES string of the molecule is NCCCCC(NC(=O)C(CCC(=O)O)NC(=O)C(CS)NC(=O)C(N)CC(N)=O)C(=O)O. The molecule has 0 aromatic rings. The second-order valence-electron chi connectivity index (χ2n) is 7.20. The molecule has 0 rings (SSSR count). The number of primary amides is 1. The molecule has 0 heterocycles. The van der Waals surface area contributed by atoms with E-state index in [0.29, 0.717) is 19.4 Å². The first-order chi connectivity index (χ1) is 15.4. The fourth-order valence-electron chi connectivity index (χ4n) is 2.61.